The summed E-state index contributed by atoms with van der Waals surface area (Å²) in [6.07, 6.45) is 5.23. The molecule has 0 radical (unpaired) electrons. The van der Waals surface area contributed by atoms with Gasteiger partial charge in [0, 0.05) is 13.2 Å². The second-order valence-electron chi connectivity index (χ2n) is 5.73. The fourth-order valence-electron chi connectivity index (χ4n) is 2.24. The van der Waals surface area contributed by atoms with E-state index in [9.17, 15) is 0 Å². The number of hydrogen-bond donors (Lipinski definition) is 1. The van der Waals surface area contributed by atoms with Crippen LogP contribution in [0.3, 0.4) is 0 Å². The van der Waals surface area contributed by atoms with E-state index < -0.39 is 0 Å². The summed E-state index contributed by atoms with van der Waals surface area (Å²) in [6, 6.07) is 0.491. The summed E-state index contributed by atoms with van der Waals surface area (Å²) in [4.78, 5) is 0. The molecule has 2 unspecified atom stereocenters. The van der Waals surface area contributed by atoms with Gasteiger partial charge in [-0.3, -0.25) is 0 Å². The standard InChI is InChI=1S/C14H31NO/c1-7-9-10-12(15-11-8-2)13(16-6)14(3,4)5/h12-13,15H,7-11H2,1-6H3. The third-order valence-electron chi connectivity index (χ3n) is 3.00. The average Bonchev–Trinajstić information content (AvgIpc) is 2.20. The third-order valence-corrected chi connectivity index (χ3v) is 3.00. The SMILES string of the molecule is CCCCC(NCCC)C(OC)C(C)(C)C. The van der Waals surface area contributed by atoms with E-state index in [4.69, 9.17) is 4.74 Å². The summed E-state index contributed by atoms with van der Waals surface area (Å²) < 4.78 is 5.71. The Balaban J connectivity index is 4.42. The predicted molar refractivity (Wildman–Crippen MR) is 71.9 cm³/mol. The van der Waals surface area contributed by atoms with E-state index in [1.54, 1.807) is 0 Å². The minimum atomic E-state index is 0.202. The topological polar surface area (TPSA) is 21.3 Å². The summed E-state index contributed by atoms with van der Waals surface area (Å²) in [5.74, 6) is 0. The lowest BCUT2D eigenvalue weighted by Gasteiger charge is -2.36. The molecule has 0 fully saturated rings. The Morgan fingerprint density at radius 2 is 1.75 bits per heavy atom. The molecule has 2 atom stereocenters. The Morgan fingerprint density at radius 1 is 1.12 bits per heavy atom. The van der Waals surface area contributed by atoms with Gasteiger partial charge in [0.1, 0.15) is 0 Å². The zero-order chi connectivity index (χ0) is 12.6. The van der Waals surface area contributed by atoms with Crippen molar-refractivity contribution < 1.29 is 4.74 Å². The van der Waals surface area contributed by atoms with Crippen molar-refractivity contribution in [2.45, 2.75) is 72.4 Å². The third kappa shape index (κ3) is 5.86. The summed E-state index contributed by atoms with van der Waals surface area (Å²) in [5, 5.41) is 3.64. The van der Waals surface area contributed by atoms with Crippen LogP contribution in [0.15, 0.2) is 0 Å². The number of methoxy groups -OCH3 is 1. The molecule has 0 rings (SSSR count). The van der Waals surface area contributed by atoms with Crippen LogP contribution in [-0.2, 0) is 4.74 Å². The molecule has 0 aromatic rings. The number of nitrogens with one attached hydrogen (secondary N) is 1. The van der Waals surface area contributed by atoms with Crippen LogP contribution in [0.1, 0.15) is 60.3 Å². The van der Waals surface area contributed by atoms with E-state index in [0.29, 0.717) is 12.1 Å². The minimum Gasteiger partial charge on any atom is -0.379 e. The molecular weight excluding hydrogens is 198 g/mol. The van der Waals surface area contributed by atoms with Gasteiger partial charge in [-0.05, 0) is 24.8 Å². The summed E-state index contributed by atoms with van der Waals surface area (Å²) in [7, 11) is 1.84. The molecule has 0 aliphatic rings. The number of ether oxygens (including phenoxy) is 1. The molecule has 16 heavy (non-hydrogen) atoms. The molecule has 0 aliphatic carbocycles. The first-order valence-electron chi connectivity index (χ1n) is 6.73. The van der Waals surface area contributed by atoms with Crippen LogP contribution >= 0.6 is 0 Å². The van der Waals surface area contributed by atoms with Crippen LogP contribution in [-0.4, -0.2) is 25.8 Å². The second kappa shape index (κ2) is 8.08. The highest BCUT2D eigenvalue weighted by Gasteiger charge is 2.31. The van der Waals surface area contributed by atoms with Crippen molar-refractivity contribution in [3.05, 3.63) is 0 Å². The number of unbranched alkanes of at least 4 members (excludes halogenated alkanes) is 1. The quantitative estimate of drug-likeness (QED) is 0.686. The molecule has 0 aliphatic heterocycles. The first-order valence-corrected chi connectivity index (χ1v) is 6.73. The van der Waals surface area contributed by atoms with Crippen molar-refractivity contribution in [2.75, 3.05) is 13.7 Å². The number of hydrogen-bond acceptors (Lipinski definition) is 2. The van der Waals surface area contributed by atoms with Crippen molar-refractivity contribution in [3.63, 3.8) is 0 Å². The summed E-state index contributed by atoms with van der Waals surface area (Å²) in [5.41, 5.74) is 0.202. The van der Waals surface area contributed by atoms with Crippen LogP contribution in [0, 0.1) is 5.41 Å². The zero-order valence-corrected chi connectivity index (χ0v) is 12.1. The summed E-state index contributed by atoms with van der Waals surface area (Å²) in [6.45, 7) is 12.3. The van der Waals surface area contributed by atoms with Crippen LogP contribution < -0.4 is 5.32 Å². The predicted octanol–water partition coefficient (Wildman–Crippen LogP) is 3.61. The molecule has 98 valence electrons. The molecule has 0 saturated carbocycles. The Hall–Kier alpha value is -0.0800. The summed E-state index contributed by atoms with van der Waals surface area (Å²) >= 11 is 0. The van der Waals surface area contributed by atoms with Crippen LogP contribution in [0.4, 0.5) is 0 Å². The average molecular weight is 229 g/mol. The molecule has 0 heterocycles. The van der Waals surface area contributed by atoms with Gasteiger partial charge in [-0.25, -0.2) is 0 Å². The molecule has 0 saturated heterocycles. The van der Waals surface area contributed by atoms with Gasteiger partial charge in [-0.1, -0.05) is 47.5 Å². The normalized spacial score (nSPS) is 16.1. The Labute approximate surface area is 102 Å². The molecule has 2 heteroatoms. The first-order chi connectivity index (χ1) is 7.47. The molecule has 1 N–H and O–H groups in total. The maximum absolute atomic E-state index is 5.71. The van der Waals surface area contributed by atoms with Crippen molar-refractivity contribution in [2.24, 2.45) is 5.41 Å². The smallest absolute Gasteiger partial charge is 0.0772 e. The first kappa shape index (κ1) is 15.9. The highest BCUT2D eigenvalue weighted by atomic mass is 16.5. The van der Waals surface area contributed by atoms with E-state index >= 15 is 0 Å². The fraction of sp³-hybridized carbons (Fsp3) is 1.00. The molecule has 0 aromatic heterocycles. The fourth-order valence-corrected chi connectivity index (χ4v) is 2.24. The lowest BCUT2D eigenvalue weighted by molar-refractivity contribution is -0.0135. The zero-order valence-electron chi connectivity index (χ0n) is 12.1. The monoisotopic (exact) mass is 229 g/mol. The highest BCUT2D eigenvalue weighted by molar-refractivity contribution is 4.86. The highest BCUT2D eigenvalue weighted by Crippen LogP contribution is 2.26. The van der Waals surface area contributed by atoms with Crippen LogP contribution in [0.5, 0.6) is 0 Å². The van der Waals surface area contributed by atoms with Gasteiger partial charge in [-0.2, -0.15) is 0 Å². The van der Waals surface area contributed by atoms with Gasteiger partial charge in [0.25, 0.3) is 0 Å². The van der Waals surface area contributed by atoms with Gasteiger partial charge in [0.15, 0.2) is 0 Å². The van der Waals surface area contributed by atoms with E-state index in [1.807, 2.05) is 7.11 Å². The lowest BCUT2D eigenvalue weighted by atomic mass is 9.82. The van der Waals surface area contributed by atoms with E-state index in [-0.39, 0.29) is 5.41 Å². The molecule has 0 bridgehead atoms. The molecule has 0 spiro atoms. The number of rotatable bonds is 8. The van der Waals surface area contributed by atoms with Gasteiger partial charge < -0.3 is 10.1 Å². The second-order valence-corrected chi connectivity index (χ2v) is 5.73. The van der Waals surface area contributed by atoms with E-state index in [2.05, 4.69) is 39.9 Å². The van der Waals surface area contributed by atoms with Gasteiger partial charge in [0.05, 0.1) is 6.10 Å². The van der Waals surface area contributed by atoms with Crippen LogP contribution in [0.2, 0.25) is 0 Å². The van der Waals surface area contributed by atoms with Crippen molar-refractivity contribution >= 4 is 0 Å². The Bertz CT molecular complexity index is 155. The Kier molecular flexibility index (Phi) is 8.04. The maximum Gasteiger partial charge on any atom is 0.0772 e. The van der Waals surface area contributed by atoms with E-state index in [1.165, 1.54) is 25.7 Å². The minimum absolute atomic E-state index is 0.202. The Morgan fingerprint density at radius 3 is 2.12 bits per heavy atom. The van der Waals surface area contributed by atoms with Crippen molar-refractivity contribution in [1.29, 1.82) is 0 Å². The van der Waals surface area contributed by atoms with Crippen LogP contribution in [0.25, 0.3) is 0 Å². The van der Waals surface area contributed by atoms with Gasteiger partial charge in [-0.15, -0.1) is 0 Å². The molecule has 0 aromatic carbocycles. The molecular formula is C14H31NO. The van der Waals surface area contributed by atoms with Gasteiger partial charge in [0.2, 0.25) is 0 Å². The van der Waals surface area contributed by atoms with Crippen molar-refractivity contribution in [3.8, 4) is 0 Å². The lowest BCUT2D eigenvalue weighted by Crippen LogP contribution is -2.47. The van der Waals surface area contributed by atoms with Gasteiger partial charge >= 0.3 is 0 Å². The molecule has 0 amide bonds. The molecule has 2 nitrogen and oxygen atoms in total. The van der Waals surface area contributed by atoms with Crippen molar-refractivity contribution in [1.82, 2.24) is 5.32 Å². The van der Waals surface area contributed by atoms with E-state index in [0.717, 1.165) is 6.54 Å². The largest absolute Gasteiger partial charge is 0.379 e. The maximum atomic E-state index is 5.71.